The molecular formula is C26H29ClO5S. The van der Waals surface area contributed by atoms with Gasteiger partial charge in [-0.15, -0.1) is 0 Å². The van der Waals surface area contributed by atoms with E-state index in [2.05, 4.69) is 0 Å². The molecule has 0 aromatic heterocycles. The zero-order valence-corrected chi connectivity index (χ0v) is 21.3. The van der Waals surface area contributed by atoms with Crippen molar-refractivity contribution < 1.29 is 23.3 Å². The Morgan fingerprint density at radius 3 is 2.36 bits per heavy atom. The van der Waals surface area contributed by atoms with Crippen molar-refractivity contribution >= 4 is 38.1 Å². The summed E-state index contributed by atoms with van der Waals surface area (Å²) in [4.78, 5) is 27.1. The molecule has 3 atom stereocenters. The minimum atomic E-state index is -2.87. The Bertz CT molecular complexity index is 1260. The summed E-state index contributed by atoms with van der Waals surface area (Å²) in [5.74, 6) is -0.100. The smallest absolute Gasteiger partial charge is 0.178 e. The van der Waals surface area contributed by atoms with Crippen molar-refractivity contribution in [1.29, 1.82) is 0 Å². The average Bonchev–Trinajstić information content (AvgIpc) is 2.77. The molecule has 0 fully saturated rings. The van der Waals surface area contributed by atoms with Gasteiger partial charge in [-0.1, -0.05) is 48.9 Å². The van der Waals surface area contributed by atoms with Crippen LogP contribution in [0.1, 0.15) is 41.8 Å². The number of rotatable bonds is 6. The lowest BCUT2D eigenvalue weighted by atomic mass is 9.67. The van der Waals surface area contributed by atoms with Gasteiger partial charge in [-0.05, 0) is 46.5 Å². The van der Waals surface area contributed by atoms with Gasteiger partial charge >= 0.3 is 0 Å². The number of halogens is 1. The summed E-state index contributed by atoms with van der Waals surface area (Å²) in [6.07, 6.45) is 3.15. The van der Waals surface area contributed by atoms with Gasteiger partial charge in [0.1, 0.15) is 11.5 Å². The summed E-state index contributed by atoms with van der Waals surface area (Å²) in [7, 11) is 0.0882. The van der Waals surface area contributed by atoms with Crippen molar-refractivity contribution in [2.24, 2.45) is 11.3 Å². The zero-order valence-electron chi connectivity index (χ0n) is 19.7. The van der Waals surface area contributed by atoms with E-state index in [0.717, 1.165) is 5.56 Å². The van der Waals surface area contributed by atoms with Crippen LogP contribution >= 0.6 is 11.6 Å². The van der Waals surface area contributed by atoms with Crippen LogP contribution in [0.15, 0.2) is 47.4 Å². The molecule has 176 valence electrons. The van der Waals surface area contributed by atoms with Crippen LogP contribution in [-0.4, -0.2) is 41.6 Å². The van der Waals surface area contributed by atoms with Crippen LogP contribution < -0.4 is 9.47 Å². The number of allylic oxidation sites excluding steroid dienone is 2. The molecule has 3 unspecified atom stereocenters. The molecule has 0 heterocycles. The van der Waals surface area contributed by atoms with Crippen LogP contribution in [0.4, 0.5) is 0 Å². The first-order valence-corrected chi connectivity index (χ1v) is 13.0. The van der Waals surface area contributed by atoms with E-state index < -0.39 is 14.9 Å². The maximum atomic E-state index is 14.2. The fraction of sp³-hybridized carbons (Fsp3) is 0.346. The predicted octanol–water partition coefficient (Wildman–Crippen LogP) is 5.11. The Labute approximate surface area is 200 Å². The zero-order chi connectivity index (χ0) is 24.6. The molecule has 7 heteroatoms. The van der Waals surface area contributed by atoms with Crippen LogP contribution in [-0.2, 0) is 14.3 Å². The quantitative estimate of drug-likeness (QED) is 0.417. The molecule has 0 bridgehead atoms. The van der Waals surface area contributed by atoms with E-state index in [1.54, 1.807) is 31.5 Å². The first-order chi connectivity index (χ1) is 15.5. The molecule has 0 saturated carbocycles. The Kier molecular flexibility index (Phi) is 7.10. The van der Waals surface area contributed by atoms with Crippen molar-refractivity contribution in [3.8, 4) is 11.5 Å². The SMILES string of the molecule is COc1cc(OC)c(C(=O)C2(C)C(S(C)(=O)=Cc3ccccc3)=CC(=O)CC2C)c(C)c1Cl. The highest BCUT2D eigenvalue weighted by Gasteiger charge is 2.49. The van der Waals surface area contributed by atoms with Gasteiger partial charge in [0, 0.05) is 29.0 Å². The third-order valence-corrected chi connectivity index (χ3v) is 9.07. The lowest BCUT2D eigenvalue weighted by Crippen LogP contribution is -2.43. The number of carbonyl (C=O) groups is 2. The molecule has 0 N–H and O–H groups in total. The number of benzene rings is 2. The Balaban J connectivity index is 2.28. The fourth-order valence-corrected chi connectivity index (χ4v) is 6.95. The van der Waals surface area contributed by atoms with Crippen LogP contribution in [0.3, 0.4) is 0 Å². The highest BCUT2D eigenvalue weighted by atomic mass is 35.5. The van der Waals surface area contributed by atoms with Gasteiger partial charge in [0.2, 0.25) is 0 Å². The van der Waals surface area contributed by atoms with Gasteiger partial charge in [-0.2, -0.15) is 0 Å². The maximum Gasteiger partial charge on any atom is 0.178 e. The molecule has 0 amide bonds. The van der Waals surface area contributed by atoms with Crippen molar-refractivity contribution in [2.75, 3.05) is 20.5 Å². The van der Waals surface area contributed by atoms with Crippen LogP contribution in [0, 0.1) is 18.3 Å². The molecule has 2 aromatic carbocycles. The minimum absolute atomic E-state index is 0.143. The number of methoxy groups -OCH3 is 2. The topological polar surface area (TPSA) is 69.7 Å². The summed E-state index contributed by atoms with van der Waals surface area (Å²) in [6.45, 7) is 5.33. The summed E-state index contributed by atoms with van der Waals surface area (Å²) in [6, 6.07) is 10.8. The second kappa shape index (κ2) is 9.35. The highest BCUT2D eigenvalue weighted by Crippen LogP contribution is 2.49. The number of hydrogen-bond acceptors (Lipinski definition) is 5. The monoisotopic (exact) mass is 488 g/mol. The van der Waals surface area contributed by atoms with E-state index in [4.69, 9.17) is 21.1 Å². The largest absolute Gasteiger partial charge is 0.496 e. The summed E-state index contributed by atoms with van der Waals surface area (Å²) >= 11 is 6.48. The molecule has 33 heavy (non-hydrogen) atoms. The Morgan fingerprint density at radius 2 is 1.79 bits per heavy atom. The lowest BCUT2D eigenvalue weighted by Gasteiger charge is -2.40. The van der Waals surface area contributed by atoms with E-state index in [9.17, 15) is 13.8 Å². The standard InChI is InChI=1S/C26H29ClO5S/c1-16-12-19(28)13-22(33(6,30)15-18-10-8-7-9-11-18)26(16,3)25(29)23-17(2)24(27)21(32-5)14-20(23)31-4/h7-11,13-16H,12H2,1-6H3. The van der Waals surface area contributed by atoms with Crippen molar-refractivity contribution in [3.63, 3.8) is 0 Å². The van der Waals surface area contributed by atoms with Gasteiger partial charge < -0.3 is 9.47 Å². The third kappa shape index (κ3) is 4.46. The molecule has 1 aliphatic rings. The third-order valence-electron chi connectivity index (χ3n) is 6.46. The first kappa shape index (κ1) is 25.1. The molecule has 2 aromatic rings. The van der Waals surface area contributed by atoms with Gasteiger partial charge in [0.15, 0.2) is 11.6 Å². The first-order valence-electron chi connectivity index (χ1n) is 10.6. The second-order valence-electron chi connectivity index (χ2n) is 8.64. The molecule has 5 nitrogen and oxygen atoms in total. The van der Waals surface area contributed by atoms with E-state index in [-0.39, 0.29) is 23.9 Å². The second-order valence-corrected chi connectivity index (χ2v) is 11.5. The van der Waals surface area contributed by atoms with Crippen molar-refractivity contribution in [3.05, 3.63) is 69.1 Å². The van der Waals surface area contributed by atoms with Gasteiger partial charge in [0.25, 0.3) is 0 Å². The molecular weight excluding hydrogens is 460 g/mol. The Morgan fingerprint density at radius 1 is 1.18 bits per heavy atom. The summed E-state index contributed by atoms with van der Waals surface area (Å²) in [5, 5.41) is 1.95. The number of hydrogen-bond donors (Lipinski definition) is 0. The average molecular weight is 489 g/mol. The normalized spacial score (nSPS) is 22.2. The lowest BCUT2D eigenvalue weighted by molar-refractivity contribution is -0.116. The molecule has 0 aliphatic heterocycles. The van der Waals surface area contributed by atoms with E-state index in [1.165, 1.54) is 20.3 Å². The molecule has 0 saturated heterocycles. The predicted molar refractivity (Wildman–Crippen MR) is 134 cm³/mol. The Hall–Kier alpha value is -2.57. The molecule has 0 radical (unpaired) electrons. The van der Waals surface area contributed by atoms with E-state index in [0.29, 0.717) is 32.6 Å². The summed E-state index contributed by atoms with van der Waals surface area (Å²) in [5.41, 5.74) is 0.360. The van der Waals surface area contributed by atoms with Crippen LogP contribution in [0.25, 0.3) is 0 Å². The van der Waals surface area contributed by atoms with Gasteiger partial charge in [-0.25, -0.2) is 0 Å². The highest BCUT2D eigenvalue weighted by molar-refractivity contribution is 8.04. The number of ether oxygens (including phenoxy) is 2. The van der Waals surface area contributed by atoms with Gasteiger partial charge in [0.05, 0.1) is 30.2 Å². The number of ketones is 2. The fourth-order valence-electron chi connectivity index (χ4n) is 4.42. The van der Waals surface area contributed by atoms with Gasteiger partial charge in [-0.3, -0.25) is 13.8 Å². The van der Waals surface area contributed by atoms with Crippen molar-refractivity contribution in [2.45, 2.75) is 27.2 Å². The maximum absolute atomic E-state index is 14.2. The molecule has 0 spiro atoms. The minimum Gasteiger partial charge on any atom is -0.496 e. The van der Waals surface area contributed by atoms with Crippen molar-refractivity contribution in [1.82, 2.24) is 0 Å². The van der Waals surface area contributed by atoms with Crippen LogP contribution in [0.5, 0.6) is 11.5 Å². The molecule has 3 rings (SSSR count). The van der Waals surface area contributed by atoms with Crippen LogP contribution in [0.2, 0.25) is 5.02 Å². The van der Waals surface area contributed by atoms with E-state index >= 15 is 0 Å². The molecule has 1 aliphatic carbocycles. The summed E-state index contributed by atoms with van der Waals surface area (Å²) < 4.78 is 24.9. The van der Waals surface area contributed by atoms with E-state index in [1.807, 2.05) is 37.3 Å². The number of carbonyl (C=O) groups excluding carboxylic acids is 2. The number of Topliss-reactive ketones (excluding diaryl/α,β-unsaturated/α-hetero) is 1.